The van der Waals surface area contributed by atoms with Crippen LogP contribution in [-0.2, 0) is 9.47 Å². The summed E-state index contributed by atoms with van der Waals surface area (Å²) in [5, 5.41) is 0. The molecule has 0 spiro atoms. The first-order chi connectivity index (χ1) is 9.21. The molecule has 19 heavy (non-hydrogen) atoms. The highest BCUT2D eigenvalue weighted by Crippen LogP contribution is 2.27. The Morgan fingerprint density at radius 1 is 1.26 bits per heavy atom. The second-order valence-corrected chi connectivity index (χ2v) is 4.68. The zero-order valence-corrected chi connectivity index (χ0v) is 11.0. The van der Waals surface area contributed by atoms with Crippen molar-refractivity contribution in [2.45, 2.75) is 12.2 Å². The van der Waals surface area contributed by atoms with E-state index in [1.165, 1.54) is 0 Å². The maximum absolute atomic E-state index is 5.74. The lowest BCUT2D eigenvalue weighted by atomic mass is 10.3. The maximum Gasteiger partial charge on any atom is 0.298 e. The van der Waals surface area contributed by atoms with Gasteiger partial charge in [-0.3, -0.25) is 0 Å². The standard InChI is InChI=1S/C13H17N3O3/c1-17-11-6-16(7-12(11)18-2)13-15-9-4-3-8(14)5-10(9)19-13/h3-5,11-12H,6-7,14H2,1-2H3. The van der Waals surface area contributed by atoms with Crippen molar-refractivity contribution in [1.82, 2.24) is 4.98 Å². The fourth-order valence-electron chi connectivity index (χ4n) is 2.42. The molecule has 1 aromatic heterocycles. The van der Waals surface area contributed by atoms with Gasteiger partial charge in [-0.1, -0.05) is 0 Å². The number of benzene rings is 1. The van der Waals surface area contributed by atoms with E-state index < -0.39 is 0 Å². The van der Waals surface area contributed by atoms with E-state index in [0.717, 1.165) is 5.52 Å². The lowest BCUT2D eigenvalue weighted by Gasteiger charge is -2.13. The zero-order valence-electron chi connectivity index (χ0n) is 11.0. The summed E-state index contributed by atoms with van der Waals surface area (Å²) in [6.45, 7) is 1.41. The van der Waals surface area contributed by atoms with Gasteiger partial charge in [0.15, 0.2) is 5.58 Å². The number of hydrogen-bond donors (Lipinski definition) is 1. The highest BCUT2D eigenvalue weighted by Gasteiger charge is 2.35. The van der Waals surface area contributed by atoms with Gasteiger partial charge in [0, 0.05) is 26.0 Å². The molecule has 1 saturated heterocycles. The summed E-state index contributed by atoms with van der Waals surface area (Å²) in [5.41, 5.74) is 7.90. The fraction of sp³-hybridized carbons (Fsp3) is 0.462. The van der Waals surface area contributed by atoms with Crippen molar-refractivity contribution in [2.75, 3.05) is 37.9 Å². The molecule has 2 atom stereocenters. The van der Waals surface area contributed by atoms with Crippen LogP contribution in [-0.4, -0.2) is 44.5 Å². The Hall–Kier alpha value is -1.79. The SMILES string of the molecule is COC1CN(c2nc3ccc(N)cc3o2)CC1OC. The van der Waals surface area contributed by atoms with Gasteiger partial charge in [0.1, 0.15) is 17.7 Å². The van der Waals surface area contributed by atoms with Crippen molar-refractivity contribution in [1.29, 1.82) is 0 Å². The van der Waals surface area contributed by atoms with E-state index >= 15 is 0 Å². The molecular formula is C13H17N3O3. The maximum atomic E-state index is 5.74. The van der Waals surface area contributed by atoms with Gasteiger partial charge in [-0.15, -0.1) is 0 Å². The van der Waals surface area contributed by atoms with Crippen LogP contribution in [0.1, 0.15) is 0 Å². The van der Waals surface area contributed by atoms with Crippen LogP contribution in [0.25, 0.3) is 11.1 Å². The van der Waals surface area contributed by atoms with Crippen molar-refractivity contribution in [2.24, 2.45) is 0 Å². The molecule has 102 valence electrons. The number of hydrogen-bond acceptors (Lipinski definition) is 6. The van der Waals surface area contributed by atoms with Crippen LogP contribution in [0.3, 0.4) is 0 Å². The highest BCUT2D eigenvalue weighted by molar-refractivity contribution is 5.78. The molecule has 2 aromatic rings. The van der Waals surface area contributed by atoms with Crippen LogP contribution >= 0.6 is 0 Å². The summed E-state index contributed by atoms with van der Waals surface area (Å²) < 4.78 is 16.5. The minimum Gasteiger partial charge on any atom is -0.423 e. The first kappa shape index (κ1) is 12.3. The third-order valence-electron chi connectivity index (χ3n) is 3.49. The topological polar surface area (TPSA) is 73.8 Å². The summed E-state index contributed by atoms with van der Waals surface area (Å²) in [7, 11) is 3.37. The summed E-state index contributed by atoms with van der Waals surface area (Å²) in [4.78, 5) is 6.49. The molecular weight excluding hydrogens is 246 g/mol. The molecule has 0 saturated carbocycles. The fourth-order valence-corrected chi connectivity index (χ4v) is 2.42. The number of nitrogens with zero attached hydrogens (tertiary/aromatic N) is 2. The number of ether oxygens (including phenoxy) is 2. The first-order valence-electron chi connectivity index (χ1n) is 6.18. The van der Waals surface area contributed by atoms with Crippen LogP contribution in [0.2, 0.25) is 0 Å². The lowest BCUT2D eigenvalue weighted by molar-refractivity contribution is -0.00461. The van der Waals surface area contributed by atoms with Crippen molar-refractivity contribution >= 4 is 22.8 Å². The van der Waals surface area contributed by atoms with Gasteiger partial charge in [0.25, 0.3) is 6.01 Å². The van der Waals surface area contributed by atoms with Gasteiger partial charge in [0.05, 0.1) is 13.1 Å². The van der Waals surface area contributed by atoms with Gasteiger partial charge in [-0.25, -0.2) is 0 Å². The van der Waals surface area contributed by atoms with E-state index in [-0.39, 0.29) is 12.2 Å². The number of fused-ring (bicyclic) bond motifs is 1. The van der Waals surface area contributed by atoms with E-state index in [1.54, 1.807) is 20.3 Å². The number of rotatable bonds is 3. The molecule has 0 aliphatic carbocycles. The van der Waals surface area contributed by atoms with Crippen LogP contribution in [0.4, 0.5) is 11.7 Å². The number of aromatic nitrogens is 1. The Labute approximate surface area is 111 Å². The predicted molar refractivity (Wildman–Crippen MR) is 72.2 cm³/mol. The summed E-state index contributed by atoms with van der Waals surface area (Å²) in [6.07, 6.45) is 0.0650. The monoisotopic (exact) mass is 263 g/mol. The number of methoxy groups -OCH3 is 2. The average Bonchev–Trinajstić information content (AvgIpc) is 3.00. The van der Waals surface area contributed by atoms with Crippen molar-refractivity contribution in [3.8, 4) is 0 Å². The van der Waals surface area contributed by atoms with Crippen molar-refractivity contribution in [3.05, 3.63) is 18.2 Å². The summed E-state index contributed by atoms with van der Waals surface area (Å²) in [6, 6.07) is 6.04. The number of nitrogens with two attached hydrogens (primary N) is 1. The zero-order chi connectivity index (χ0) is 13.4. The lowest BCUT2D eigenvalue weighted by Crippen LogP contribution is -2.27. The van der Waals surface area contributed by atoms with E-state index in [0.29, 0.717) is 30.4 Å². The van der Waals surface area contributed by atoms with Crippen LogP contribution < -0.4 is 10.6 Å². The Morgan fingerprint density at radius 3 is 2.58 bits per heavy atom. The molecule has 1 aromatic carbocycles. The third kappa shape index (κ3) is 2.13. The van der Waals surface area contributed by atoms with E-state index in [1.807, 2.05) is 17.0 Å². The first-order valence-corrected chi connectivity index (χ1v) is 6.18. The molecule has 2 N–H and O–H groups in total. The Balaban J connectivity index is 1.88. The van der Waals surface area contributed by atoms with E-state index in [4.69, 9.17) is 19.6 Å². The molecule has 6 heteroatoms. The van der Waals surface area contributed by atoms with Gasteiger partial charge in [-0.05, 0) is 12.1 Å². The smallest absolute Gasteiger partial charge is 0.298 e. The Bertz CT molecular complexity index is 572. The van der Waals surface area contributed by atoms with Crippen molar-refractivity contribution < 1.29 is 13.9 Å². The molecule has 1 fully saturated rings. The summed E-state index contributed by atoms with van der Waals surface area (Å²) in [5.74, 6) is 0. The average molecular weight is 263 g/mol. The van der Waals surface area contributed by atoms with Gasteiger partial charge >= 0.3 is 0 Å². The number of anilines is 2. The quantitative estimate of drug-likeness (QED) is 0.840. The van der Waals surface area contributed by atoms with Crippen LogP contribution in [0, 0.1) is 0 Å². The number of oxazole rings is 1. The second kappa shape index (κ2) is 4.71. The third-order valence-corrected chi connectivity index (χ3v) is 3.49. The van der Waals surface area contributed by atoms with E-state index in [9.17, 15) is 0 Å². The molecule has 0 radical (unpaired) electrons. The Kier molecular flexibility index (Phi) is 3.04. The molecule has 0 amide bonds. The van der Waals surface area contributed by atoms with Gasteiger partial charge in [-0.2, -0.15) is 4.98 Å². The molecule has 2 unspecified atom stereocenters. The van der Waals surface area contributed by atoms with E-state index in [2.05, 4.69) is 4.98 Å². The second-order valence-electron chi connectivity index (χ2n) is 4.68. The number of nitrogen functional groups attached to an aromatic ring is 1. The van der Waals surface area contributed by atoms with Crippen LogP contribution in [0.15, 0.2) is 22.6 Å². The van der Waals surface area contributed by atoms with Gasteiger partial charge in [0.2, 0.25) is 0 Å². The van der Waals surface area contributed by atoms with Crippen molar-refractivity contribution in [3.63, 3.8) is 0 Å². The minimum atomic E-state index is 0.0325. The molecule has 6 nitrogen and oxygen atoms in total. The molecule has 2 heterocycles. The summed E-state index contributed by atoms with van der Waals surface area (Å²) >= 11 is 0. The molecule has 1 aliphatic rings. The van der Waals surface area contributed by atoms with Gasteiger partial charge < -0.3 is 24.5 Å². The normalized spacial score (nSPS) is 23.4. The highest BCUT2D eigenvalue weighted by atomic mass is 16.5. The molecule has 3 rings (SSSR count). The van der Waals surface area contributed by atoms with Crippen LogP contribution in [0.5, 0.6) is 0 Å². The Morgan fingerprint density at radius 2 is 1.95 bits per heavy atom. The largest absolute Gasteiger partial charge is 0.423 e. The molecule has 1 aliphatic heterocycles. The molecule has 0 bridgehead atoms. The predicted octanol–water partition coefficient (Wildman–Crippen LogP) is 1.26. The minimum absolute atomic E-state index is 0.0325.